The lowest BCUT2D eigenvalue weighted by Gasteiger charge is -2.05. The molecule has 0 heterocycles. The van der Waals surface area contributed by atoms with E-state index in [1.807, 2.05) is 30.3 Å². The summed E-state index contributed by atoms with van der Waals surface area (Å²) in [5, 5.41) is 7.34. The van der Waals surface area contributed by atoms with E-state index in [4.69, 9.17) is 12.2 Å². The maximum atomic E-state index is 12.7. The molecule has 0 aliphatic heterocycles. The number of rotatable bonds is 3. The average molecular weight is 273 g/mol. The lowest BCUT2D eigenvalue weighted by atomic mass is 10.2. The number of nitrogens with one attached hydrogen (secondary N) is 2. The van der Waals surface area contributed by atoms with Gasteiger partial charge in [-0.25, -0.2) is 4.39 Å². The summed E-state index contributed by atoms with van der Waals surface area (Å²) in [5.74, 6) is -0.272. The minimum Gasteiger partial charge on any atom is -0.331 e. The molecule has 0 radical (unpaired) electrons. The summed E-state index contributed by atoms with van der Waals surface area (Å²) in [4.78, 5) is 0. The van der Waals surface area contributed by atoms with Crippen molar-refractivity contribution in [2.45, 2.75) is 0 Å². The zero-order valence-corrected chi connectivity index (χ0v) is 10.8. The summed E-state index contributed by atoms with van der Waals surface area (Å²) in [6.07, 6.45) is 1.57. The van der Waals surface area contributed by atoms with Gasteiger partial charge < -0.3 is 5.32 Å². The molecule has 0 fully saturated rings. The van der Waals surface area contributed by atoms with E-state index in [1.165, 1.54) is 12.1 Å². The van der Waals surface area contributed by atoms with E-state index in [0.717, 1.165) is 11.3 Å². The SMILES string of the molecule is Fc1ccc(/C=N\NC(=S)Nc2ccccc2)cc1. The Morgan fingerprint density at radius 2 is 1.74 bits per heavy atom. The third-order valence-electron chi connectivity index (χ3n) is 2.28. The van der Waals surface area contributed by atoms with Crippen molar-refractivity contribution >= 4 is 29.2 Å². The van der Waals surface area contributed by atoms with Crippen LogP contribution in [0.25, 0.3) is 0 Å². The van der Waals surface area contributed by atoms with Gasteiger partial charge in [0.15, 0.2) is 5.11 Å². The molecule has 0 amide bonds. The highest BCUT2D eigenvalue weighted by atomic mass is 32.1. The van der Waals surface area contributed by atoms with Crippen LogP contribution in [0.15, 0.2) is 59.7 Å². The highest BCUT2D eigenvalue weighted by Gasteiger charge is 1.94. The molecule has 2 aromatic rings. The van der Waals surface area contributed by atoms with Crippen molar-refractivity contribution in [3.05, 3.63) is 66.0 Å². The van der Waals surface area contributed by atoms with Gasteiger partial charge >= 0.3 is 0 Å². The molecule has 0 bridgehead atoms. The summed E-state index contributed by atoms with van der Waals surface area (Å²) in [6.45, 7) is 0. The van der Waals surface area contributed by atoms with E-state index in [-0.39, 0.29) is 5.82 Å². The van der Waals surface area contributed by atoms with Gasteiger partial charge in [0.05, 0.1) is 6.21 Å². The Morgan fingerprint density at radius 3 is 2.42 bits per heavy atom. The fraction of sp³-hybridized carbons (Fsp3) is 0. The van der Waals surface area contributed by atoms with Crippen molar-refractivity contribution in [3.8, 4) is 0 Å². The molecule has 5 heteroatoms. The summed E-state index contributed by atoms with van der Waals surface area (Å²) in [6, 6.07) is 15.6. The number of halogens is 1. The van der Waals surface area contributed by atoms with Crippen LogP contribution in [0.1, 0.15) is 5.56 Å². The molecule has 19 heavy (non-hydrogen) atoms. The molecule has 0 saturated carbocycles. The normalized spacial score (nSPS) is 10.4. The van der Waals surface area contributed by atoms with Crippen molar-refractivity contribution < 1.29 is 4.39 Å². The molecule has 2 rings (SSSR count). The van der Waals surface area contributed by atoms with Crippen LogP contribution in [0.4, 0.5) is 10.1 Å². The third kappa shape index (κ3) is 4.48. The maximum Gasteiger partial charge on any atom is 0.191 e. The van der Waals surface area contributed by atoms with Gasteiger partial charge in [0.2, 0.25) is 0 Å². The van der Waals surface area contributed by atoms with Gasteiger partial charge in [0.1, 0.15) is 5.82 Å². The summed E-state index contributed by atoms with van der Waals surface area (Å²) >= 11 is 5.08. The Hall–Kier alpha value is -2.27. The standard InChI is InChI=1S/C14H12FN3S/c15-12-8-6-11(7-9-12)10-16-18-14(19)17-13-4-2-1-3-5-13/h1-10H,(H2,17,18,19)/b16-10-. The van der Waals surface area contributed by atoms with Gasteiger partial charge in [-0.3, -0.25) is 5.43 Å². The first-order chi connectivity index (χ1) is 9.24. The maximum absolute atomic E-state index is 12.7. The van der Waals surface area contributed by atoms with Gasteiger partial charge in [0, 0.05) is 5.69 Å². The van der Waals surface area contributed by atoms with Crippen LogP contribution in [0.5, 0.6) is 0 Å². The fourth-order valence-electron chi connectivity index (χ4n) is 1.39. The largest absolute Gasteiger partial charge is 0.331 e. The lowest BCUT2D eigenvalue weighted by molar-refractivity contribution is 0.628. The van der Waals surface area contributed by atoms with Crippen LogP contribution in [0.2, 0.25) is 0 Å². The number of nitrogens with zero attached hydrogens (tertiary/aromatic N) is 1. The number of hydrazone groups is 1. The van der Waals surface area contributed by atoms with Crippen molar-refractivity contribution in [1.29, 1.82) is 0 Å². The van der Waals surface area contributed by atoms with E-state index in [0.29, 0.717) is 5.11 Å². The minimum absolute atomic E-state index is 0.272. The first-order valence-electron chi connectivity index (χ1n) is 5.65. The zero-order chi connectivity index (χ0) is 13.5. The van der Waals surface area contributed by atoms with Gasteiger partial charge in [0.25, 0.3) is 0 Å². The molecular weight excluding hydrogens is 261 g/mol. The lowest BCUT2D eigenvalue weighted by Crippen LogP contribution is -2.23. The number of hydrogen-bond donors (Lipinski definition) is 2. The number of benzene rings is 2. The predicted octanol–water partition coefficient (Wildman–Crippen LogP) is 3.15. The van der Waals surface area contributed by atoms with Gasteiger partial charge in [-0.15, -0.1) is 0 Å². The molecule has 0 atom stereocenters. The number of anilines is 1. The second-order valence-electron chi connectivity index (χ2n) is 3.74. The number of para-hydroxylation sites is 1. The van der Waals surface area contributed by atoms with Crippen LogP contribution < -0.4 is 10.7 Å². The number of hydrogen-bond acceptors (Lipinski definition) is 2. The molecule has 2 N–H and O–H groups in total. The van der Waals surface area contributed by atoms with Crippen molar-refractivity contribution in [1.82, 2.24) is 5.43 Å². The summed E-state index contributed by atoms with van der Waals surface area (Å²) in [5.41, 5.74) is 4.36. The Bertz CT molecular complexity index is 567. The second kappa shape index (κ2) is 6.61. The van der Waals surface area contributed by atoms with Gasteiger partial charge in [-0.05, 0) is 42.0 Å². The van der Waals surface area contributed by atoms with Crippen molar-refractivity contribution in [2.24, 2.45) is 5.10 Å². The van der Waals surface area contributed by atoms with E-state index < -0.39 is 0 Å². The minimum atomic E-state index is -0.272. The van der Waals surface area contributed by atoms with Crippen LogP contribution in [0.3, 0.4) is 0 Å². The van der Waals surface area contributed by atoms with Crippen LogP contribution in [-0.4, -0.2) is 11.3 Å². The molecular formula is C14H12FN3S. The van der Waals surface area contributed by atoms with Crippen LogP contribution in [-0.2, 0) is 0 Å². The Morgan fingerprint density at radius 1 is 1.05 bits per heavy atom. The summed E-state index contributed by atoms with van der Waals surface area (Å²) in [7, 11) is 0. The van der Waals surface area contributed by atoms with E-state index >= 15 is 0 Å². The smallest absolute Gasteiger partial charge is 0.191 e. The second-order valence-corrected chi connectivity index (χ2v) is 4.15. The molecule has 96 valence electrons. The first kappa shape index (κ1) is 13.2. The monoisotopic (exact) mass is 273 g/mol. The van der Waals surface area contributed by atoms with E-state index in [2.05, 4.69) is 15.8 Å². The quantitative estimate of drug-likeness (QED) is 0.512. The zero-order valence-electron chi connectivity index (χ0n) is 10.0. The first-order valence-corrected chi connectivity index (χ1v) is 6.05. The molecule has 3 nitrogen and oxygen atoms in total. The molecule has 0 unspecified atom stereocenters. The van der Waals surface area contributed by atoms with Crippen molar-refractivity contribution in [3.63, 3.8) is 0 Å². The molecule has 0 spiro atoms. The summed E-state index contributed by atoms with van der Waals surface area (Å²) < 4.78 is 12.7. The fourth-order valence-corrected chi connectivity index (χ4v) is 1.57. The highest BCUT2D eigenvalue weighted by molar-refractivity contribution is 7.80. The van der Waals surface area contributed by atoms with Crippen LogP contribution >= 0.6 is 12.2 Å². The predicted molar refractivity (Wildman–Crippen MR) is 79.8 cm³/mol. The average Bonchev–Trinajstić information content (AvgIpc) is 2.42. The molecule has 0 aliphatic rings. The Labute approximate surface area is 116 Å². The molecule has 0 aliphatic carbocycles. The number of thiocarbonyl (C=S) groups is 1. The van der Waals surface area contributed by atoms with Crippen molar-refractivity contribution in [2.75, 3.05) is 5.32 Å². The molecule has 0 saturated heterocycles. The van der Waals surface area contributed by atoms with Gasteiger partial charge in [-0.1, -0.05) is 30.3 Å². The van der Waals surface area contributed by atoms with E-state index in [1.54, 1.807) is 18.3 Å². The highest BCUT2D eigenvalue weighted by Crippen LogP contribution is 2.04. The Balaban J connectivity index is 1.85. The van der Waals surface area contributed by atoms with E-state index in [9.17, 15) is 4.39 Å². The van der Waals surface area contributed by atoms with Gasteiger partial charge in [-0.2, -0.15) is 5.10 Å². The third-order valence-corrected chi connectivity index (χ3v) is 2.47. The Kier molecular flexibility index (Phi) is 4.58. The molecule has 2 aromatic carbocycles. The molecule has 0 aromatic heterocycles. The topological polar surface area (TPSA) is 36.4 Å². The van der Waals surface area contributed by atoms with Crippen LogP contribution in [0, 0.1) is 5.82 Å².